The highest BCUT2D eigenvalue weighted by Gasteiger charge is 2.36. The first-order valence-electron chi connectivity index (χ1n) is 5.97. The second-order valence-corrected chi connectivity index (χ2v) is 5.87. The minimum absolute atomic E-state index is 0.0671. The van der Waals surface area contributed by atoms with E-state index in [1.165, 1.54) is 25.7 Å². The van der Waals surface area contributed by atoms with Crippen molar-refractivity contribution in [3.63, 3.8) is 0 Å². The maximum atomic E-state index is 12.0. The van der Waals surface area contributed by atoms with Gasteiger partial charge in [-0.3, -0.25) is 4.99 Å². The summed E-state index contributed by atoms with van der Waals surface area (Å²) >= 11 is 1.58. The Morgan fingerprint density at radius 2 is 2.00 bits per heavy atom. The fourth-order valence-electron chi connectivity index (χ4n) is 2.40. The van der Waals surface area contributed by atoms with Crippen LogP contribution < -0.4 is 5.32 Å². The van der Waals surface area contributed by atoms with Crippen molar-refractivity contribution in [1.82, 2.24) is 5.32 Å². The quantitative estimate of drug-likeness (QED) is 0.830. The van der Waals surface area contributed by atoms with Crippen LogP contribution in [0.2, 0.25) is 0 Å². The minimum atomic E-state index is -4.08. The molecule has 17 heavy (non-hydrogen) atoms. The van der Waals surface area contributed by atoms with Crippen LogP contribution in [0.5, 0.6) is 0 Å². The highest BCUT2D eigenvalue weighted by atomic mass is 32.2. The number of hydrogen-bond donors (Lipinski definition) is 1. The zero-order valence-electron chi connectivity index (χ0n) is 9.65. The van der Waals surface area contributed by atoms with Crippen LogP contribution in [0.3, 0.4) is 0 Å². The Kier molecular flexibility index (Phi) is 3.90. The number of nitrogens with one attached hydrogen (secondary N) is 1. The van der Waals surface area contributed by atoms with Gasteiger partial charge in [-0.05, 0) is 18.3 Å². The molecule has 1 aliphatic heterocycles. The molecule has 6 heteroatoms. The molecule has 0 unspecified atom stereocenters. The molecule has 0 aromatic heterocycles. The maximum Gasteiger partial charge on any atom is 0.390 e. The van der Waals surface area contributed by atoms with Crippen molar-refractivity contribution >= 4 is 16.9 Å². The lowest BCUT2D eigenvalue weighted by molar-refractivity contribution is -0.132. The summed E-state index contributed by atoms with van der Waals surface area (Å²) in [7, 11) is 0. The lowest BCUT2D eigenvalue weighted by Crippen LogP contribution is -2.34. The summed E-state index contributed by atoms with van der Waals surface area (Å²) in [5, 5.41) is 3.46. The Morgan fingerprint density at radius 3 is 2.53 bits per heavy atom. The first kappa shape index (κ1) is 13.1. The summed E-state index contributed by atoms with van der Waals surface area (Å²) in [6.45, 7) is 0.719. The van der Waals surface area contributed by atoms with Gasteiger partial charge in [0.25, 0.3) is 0 Å². The van der Waals surface area contributed by atoms with E-state index >= 15 is 0 Å². The van der Waals surface area contributed by atoms with Gasteiger partial charge in [-0.25, -0.2) is 0 Å². The van der Waals surface area contributed by atoms with Crippen molar-refractivity contribution < 1.29 is 13.2 Å². The smallest absolute Gasteiger partial charge is 0.365 e. The fourth-order valence-corrected chi connectivity index (χ4v) is 3.58. The number of rotatable bonds is 2. The molecule has 1 fully saturated rings. The van der Waals surface area contributed by atoms with Crippen LogP contribution in [0.25, 0.3) is 0 Å². The van der Waals surface area contributed by atoms with E-state index in [1.807, 2.05) is 0 Å². The molecule has 98 valence electrons. The number of alkyl halides is 3. The first-order valence-corrected chi connectivity index (χ1v) is 6.96. The van der Waals surface area contributed by atoms with Crippen molar-refractivity contribution in [3.05, 3.63) is 0 Å². The van der Waals surface area contributed by atoms with Gasteiger partial charge in [0, 0.05) is 18.8 Å². The van der Waals surface area contributed by atoms with Crippen molar-refractivity contribution in [2.24, 2.45) is 10.4 Å². The second-order valence-electron chi connectivity index (χ2n) is 4.91. The first-order chi connectivity index (χ1) is 7.99. The molecule has 0 saturated heterocycles. The zero-order chi connectivity index (χ0) is 12.4. The van der Waals surface area contributed by atoms with Gasteiger partial charge in [0.2, 0.25) is 0 Å². The Balaban J connectivity index is 1.75. The Labute approximate surface area is 103 Å². The largest absolute Gasteiger partial charge is 0.390 e. The number of thioether (sulfide) groups is 1. The average Bonchev–Trinajstić information content (AvgIpc) is 2.68. The molecular weight excluding hydrogens is 249 g/mol. The van der Waals surface area contributed by atoms with Crippen molar-refractivity contribution in [2.75, 3.05) is 18.8 Å². The van der Waals surface area contributed by atoms with Crippen LogP contribution in [0.15, 0.2) is 4.99 Å². The van der Waals surface area contributed by atoms with E-state index < -0.39 is 12.6 Å². The highest BCUT2D eigenvalue weighted by Crippen LogP contribution is 2.43. The van der Waals surface area contributed by atoms with Gasteiger partial charge in [0.15, 0.2) is 5.17 Å². The third-order valence-electron chi connectivity index (χ3n) is 3.42. The number of nitrogens with zero attached hydrogens (tertiary/aromatic N) is 1. The van der Waals surface area contributed by atoms with Gasteiger partial charge < -0.3 is 5.32 Å². The van der Waals surface area contributed by atoms with Crippen LogP contribution in [-0.2, 0) is 0 Å². The van der Waals surface area contributed by atoms with Gasteiger partial charge in [0.1, 0.15) is 0 Å². The van der Waals surface area contributed by atoms with Crippen LogP contribution in [0, 0.1) is 5.41 Å². The van der Waals surface area contributed by atoms with Gasteiger partial charge in [0.05, 0.1) is 6.42 Å². The van der Waals surface area contributed by atoms with Gasteiger partial charge >= 0.3 is 6.18 Å². The van der Waals surface area contributed by atoms with E-state index in [-0.39, 0.29) is 6.54 Å². The van der Waals surface area contributed by atoms with Crippen LogP contribution in [0.1, 0.15) is 32.1 Å². The molecule has 2 nitrogen and oxygen atoms in total. The van der Waals surface area contributed by atoms with E-state index in [1.54, 1.807) is 11.8 Å². The highest BCUT2D eigenvalue weighted by molar-refractivity contribution is 8.13. The van der Waals surface area contributed by atoms with E-state index in [9.17, 15) is 13.2 Å². The molecule has 1 aliphatic carbocycles. The molecule has 1 saturated carbocycles. The fraction of sp³-hybridized carbons (Fsp3) is 0.909. The summed E-state index contributed by atoms with van der Waals surface area (Å²) < 4.78 is 35.9. The number of amidine groups is 1. The predicted molar refractivity (Wildman–Crippen MR) is 64.3 cm³/mol. The predicted octanol–water partition coefficient (Wildman–Crippen LogP) is 3.19. The Bertz CT molecular complexity index is 296. The lowest BCUT2D eigenvalue weighted by atomic mass is 9.89. The molecule has 0 amide bonds. The maximum absolute atomic E-state index is 12.0. The molecular formula is C11H17F3N2S. The standard InChI is InChI=1S/C11H17F3N2S/c12-11(13,14)5-6-15-9-16-7-10(8-17-9)3-1-2-4-10/h1-8H2,(H,15,16). The summed E-state index contributed by atoms with van der Waals surface area (Å²) in [4.78, 5) is 4.39. The SMILES string of the molecule is FC(F)(F)CCNC1=NCC2(CCCC2)CS1. The number of hydrogen-bond acceptors (Lipinski definition) is 3. The number of halogens is 3. The third-order valence-corrected chi connectivity index (χ3v) is 4.73. The van der Waals surface area contributed by atoms with Crippen LogP contribution >= 0.6 is 11.8 Å². The third kappa shape index (κ3) is 3.79. The molecule has 1 spiro atoms. The molecule has 1 N–H and O–H groups in total. The average molecular weight is 266 g/mol. The normalized spacial score (nSPS) is 23.8. The van der Waals surface area contributed by atoms with Crippen molar-refractivity contribution in [2.45, 2.75) is 38.3 Å². The van der Waals surface area contributed by atoms with Gasteiger partial charge in [-0.2, -0.15) is 13.2 Å². The second kappa shape index (κ2) is 5.08. The van der Waals surface area contributed by atoms with Crippen molar-refractivity contribution in [3.8, 4) is 0 Å². The molecule has 2 rings (SSSR count). The molecule has 2 aliphatic rings. The lowest BCUT2D eigenvalue weighted by Gasteiger charge is -2.31. The van der Waals surface area contributed by atoms with Gasteiger partial charge in [-0.1, -0.05) is 24.6 Å². The minimum Gasteiger partial charge on any atom is -0.365 e. The monoisotopic (exact) mass is 266 g/mol. The van der Waals surface area contributed by atoms with Crippen molar-refractivity contribution in [1.29, 1.82) is 0 Å². The van der Waals surface area contributed by atoms with E-state index in [2.05, 4.69) is 10.3 Å². The molecule has 0 aromatic rings. The molecule has 1 heterocycles. The molecule has 0 radical (unpaired) electrons. The Hall–Kier alpha value is -0.390. The summed E-state index contributed by atoms with van der Waals surface area (Å²) in [5.74, 6) is 1.00. The van der Waals surface area contributed by atoms with E-state index in [0.717, 1.165) is 12.3 Å². The topological polar surface area (TPSA) is 24.4 Å². The molecule has 0 bridgehead atoms. The van der Waals surface area contributed by atoms with Crippen LogP contribution in [0.4, 0.5) is 13.2 Å². The Morgan fingerprint density at radius 1 is 1.29 bits per heavy atom. The zero-order valence-corrected chi connectivity index (χ0v) is 10.5. The summed E-state index contributed by atoms with van der Waals surface area (Å²) in [6.07, 6.45) is 0.107. The summed E-state index contributed by atoms with van der Waals surface area (Å²) in [6, 6.07) is 0. The molecule has 0 atom stereocenters. The van der Waals surface area contributed by atoms with Gasteiger partial charge in [-0.15, -0.1) is 0 Å². The van der Waals surface area contributed by atoms with E-state index in [0.29, 0.717) is 10.6 Å². The van der Waals surface area contributed by atoms with E-state index in [4.69, 9.17) is 0 Å². The molecule has 0 aromatic carbocycles. The van der Waals surface area contributed by atoms with Crippen LogP contribution in [-0.4, -0.2) is 30.2 Å². The number of aliphatic imine (C=N–C) groups is 1. The summed E-state index contributed by atoms with van der Waals surface area (Å²) in [5.41, 5.74) is 0.347.